The maximum atomic E-state index is 12.5. The monoisotopic (exact) mass is 265 g/mol. The fraction of sp³-hybridized carbons (Fsp3) is 0.571. The molecule has 4 heteroatoms. The van der Waals surface area contributed by atoms with Crippen LogP contribution >= 0.6 is 0 Å². The van der Waals surface area contributed by atoms with Crippen molar-refractivity contribution in [2.45, 2.75) is 37.5 Å². The molecule has 1 atom stereocenters. The summed E-state index contributed by atoms with van der Waals surface area (Å²) < 4.78 is 26.6. The van der Waals surface area contributed by atoms with Crippen LogP contribution in [0.2, 0.25) is 0 Å². The Hall–Kier alpha value is -0.870. The average Bonchev–Trinajstić information content (AvgIpc) is 2.96. The minimum Gasteiger partial charge on any atom is -0.207 e. The van der Waals surface area contributed by atoms with Gasteiger partial charge in [0.1, 0.15) is 0 Å². The average molecular weight is 265 g/mol. The Bertz CT molecular complexity index is 565. The molecule has 1 aromatic rings. The molecular weight excluding hydrogens is 246 g/mol. The Morgan fingerprint density at radius 1 is 1.22 bits per heavy atom. The molecule has 1 heterocycles. The van der Waals surface area contributed by atoms with Crippen LogP contribution in [-0.4, -0.2) is 25.8 Å². The molecule has 0 saturated carbocycles. The van der Waals surface area contributed by atoms with Crippen LogP contribution in [0.3, 0.4) is 0 Å². The van der Waals surface area contributed by atoms with Crippen LogP contribution in [0.25, 0.3) is 0 Å². The van der Waals surface area contributed by atoms with E-state index >= 15 is 0 Å². The Kier molecular flexibility index (Phi) is 2.94. The van der Waals surface area contributed by atoms with Crippen LogP contribution in [0.15, 0.2) is 23.1 Å². The van der Waals surface area contributed by atoms with Gasteiger partial charge in [0.15, 0.2) is 0 Å². The van der Waals surface area contributed by atoms with Gasteiger partial charge in [0.05, 0.1) is 4.90 Å². The van der Waals surface area contributed by atoms with E-state index in [1.165, 1.54) is 11.1 Å². The molecule has 2 aliphatic rings. The molecular formula is C14H19NO2S. The summed E-state index contributed by atoms with van der Waals surface area (Å²) in [6, 6.07) is 5.66. The zero-order chi connectivity index (χ0) is 12.8. The van der Waals surface area contributed by atoms with Crippen molar-refractivity contribution in [2.75, 3.05) is 13.1 Å². The highest BCUT2D eigenvalue weighted by molar-refractivity contribution is 7.89. The number of benzene rings is 1. The number of fused-ring (bicyclic) bond motifs is 1. The predicted octanol–water partition coefficient (Wildman–Crippen LogP) is 2.21. The van der Waals surface area contributed by atoms with Crippen molar-refractivity contribution in [1.82, 2.24) is 4.31 Å². The van der Waals surface area contributed by atoms with E-state index < -0.39 is 10.0 Å². The number of rotatable bonds is 2. The van der Waals surface area contributed by atoms with Crippen LogP contribution in [-0.2, 0) is 22.9 Å². The third-order valence-corrected chi connectivity index (χ3v) is 5.96. The highest BCUT2D eigenvalue weighted by Gasteiger charge is 2.31. The Balaban J connectivity index is 1.94. The van der Waals surface area contributed by atoms with Gasteiger partial charge in [0, 0.05) is 13.1 Å². The van der Waals surface area contributed by atoms with E-state index in [0.717, 1.165) is 25.7 Å². The first kappa shape index (κ1) is 12.2. The molecule has 1 aliphatic carbocycles. The predicted molar refractivity (Wildman–Crippen MR) is 71.0 cm³/mol. The van der Waals surface area contributed by atoms with Crippen molar-refractivity contribution in [2.24, 2.45) is 5.92 Å². The SMILES string of the molecule is CC1CCN(S(=O)(=O)c2ccc3c(c2)CCC3)C1. The second kappa shape index (κ2) is 4.35. The molecule has 3 rings (SSSR count). The first-order chi connectivity index (χ1) is 8.57. The summed E-state index contributed by atoms with van der Waals surface area (Å²) in [6.07, 6.45) is 4.25. The van der Waals surface area contributed by atoms with Crippen LogP contribution in [0.5, 0.6) is 0 Å². The van der Waals surface area contributed by atoms with Gasteiger partial charge in [-0.1, -0.05) is 13.0 Å². The summed E-state index contributed by atoms with van der Waals surface area (Å²) in [4.78, 5) is 0.484. The van der Waals surface area contributed by atoms with Crippen molar-refractivity contribution < 1.29 is 8.42 Å². The first-order valence-corrected chi connectivity index (χ1v) is 8.13. The molecule has 1 unspecified atom stereocenters. The van der Waals surface area contributed by atoms with E-state index in [4.69, 9.17) is 0 Å². The van der Waals surface area contributed by atoms with Gasteiger partial charge in [-0.15, -0.1) is 0 Å². The fourth-order valence-electron chi connectivity index (χ4n) is 2.97. The van der Waals surface area contributed by atoms with E-state index in [1.807, 2.05) is 12.1 Å². The van der Waals surface area contributed by atoms with Crippen LogP contribution < -0.4 is 0 Å². The van der Waals surface area contributed by atoms with Gasteiger partial charge in [0.2, 0.25) is 10.0 Å². The van der Waals surface area contributed by atoms with Gasteiger partial charge < -0.3 is 0 Å². The van der Waals surface area contributed by atoms with Crippen molar-refractivity contribution in [3.63, 3.8) is 0 Å². The fourth-order valence-corrected chi connectivity index (χ4v) is 4.60. The van der Waals surface area contributed by atoms with E-state index in [-0.39, 0.29) is 0 Å². The summed E-state index contributed by atoms with van der Waals surface area (Å²) in [5.74, 6) is 0.481. The van der Waals surface area contributed by atoms with Crippen molar-refractivity contribution in [3.05, 3.63) is 29.3 Å². The van der Waals surface area contributed by atoms with Crippen LogP contribution in [0.4, 0.5) is 0 Å². The normalized spacial score (nSPS) is 24.4. The van der Waals surface area contributed by atoms with E-state index in [2.05, 4.69) is 6.92 Å². The molecule has 0 bridgehead atoms. The third kappa shape index (κ3) is 1.97. The van der Waals surface area contributed by atoms with Gasteiger partial charge in [-0.3, -0.25) is 0 Å². The smallest absolute Gasteiger partial charge is 0.207 e. The lowest BCUT2D eigenvalue weighted by Crippen LogP contribution is -2.28. The summed E-state index contributed by atoms with van der Waals surface area (Å²) in [7, 11) is -3.26. The topological polar surface area (TPSA) is 37.4 Å². The zero-order valence-corrected chi connectivity index (χ0v) is 11.5. The zero-order valence-electron chi connectivity index (χ0n) is 10.7. The first-order valence-electron chi connectivity index (χ1n) is 6.69. The summed E-state index contributed by atoms with van der Waals surface area (Å²) >= 11 is 0. The second-order valence-electron chi connectivity index (χ2n) is 5.54. The Morgan fingerprint density at radius 3 is 2.72 bits per heavy atom. The van der Waals surface area contributed by atoms with E-state index in [1.54, 1.807) is 10.4 Å². The minimum absolute atomic E-state index is 0.481. The standard InChI is InChI=1S/C14H19NO2S/c1-11-7-8-15(10-11)18(16,17)14-6-5-12-3-2-4-13(12)9-14/h5-6,9,11H,2-4,7-8,10H2,1H3. The molecule has 0 radical (unpaired) electrons. The lowest BCUT2D eigenvalue weighted by molar-refractivity contribution is 0.464. The number of sulfonamides is 1. The van der Waals surface area contributed by atoms with E-state index in [9.17, 15) is 8.42 Å². The highest BCUT2D eigenvalue weighted by atomic mass is 32.2. The molecule has 1 saturated heterocycles. The third-order valence-electron chi connectivity index (χ3n) is 4.09. The lowest BCUT2D eigenvalue weighted by atomic mass is 10.1. The number of hydrogen-bond donors (Lipinski definition) is 0. The van der Waals surface area contributed by atoms with Gasteiger partial charge >= 0.3 is 0 Å². The van der Waals surface area contributed by atoms with Gasteiger partial charge in [-0.05, 0) is 54.9 Å². The molecule has 18 heavy (non-hydrogen) atoms. The Labute approximate surface area is 109 Å². The molecule has 1 fully saturated rings. The second-order valence-corrected chi connectivity index (χ2v) is 7.48. The molecule has 0 amide bonds. The number of aryl methyl sites for hydroxylation is 2. The molecule has 0 N–H and O–H groups in total. The molecule has 0 aromatic heterocycles. The van der Waals surface area contributed by atoms with Crippen LogP contribution in [0, 0.1) is 5.92 Å². The van der Waals surface area contributed by atoms with Crippen molar-refractivity contribution in [1.29, 1.82) is 0 Å². The summed E-state index contributed by atoms with van der Waals surface area (Å²) in [5.41, 5.74) is 2.55. The minimum atomic E-state index is -3.26. The van der Waals surface area contributed by atoms with Crippen LogP contribution in [0.1, 0.15) is 30.9 Å². The molecule has 0 spiro atoms. The van der Waals surface area contributed by atoms with Crippen molar-refractivity contribution >= 4 is 10.0 Å². The van der Waals surface area contributed by atoms with Gasteiger partial charge in [-0.2, -0.15) is 4.31 Å². The van der Waals surface area contributed by atoms with Gasteiger partial charge in [-0.25, -0.2) is 8.42 Å². The number of hydrogen-bond acceptors (Lipinski definition) is 2. The Morgan fingerprint density at radius 2 is 2.00 bits per heavy atom. The summed E-state index contributed by atoms with van der Waals surface area (Å²) in [6.45, 7) is 3.44. The maximum Gasteiger partial charge on any atom is 0.243 e. The maximum absolute atomic E-state index is 12.5. The molecule has 3 nitrogen and oxygen atoms in total. The quantitative estimate of drug-likeness (QED) is 0.822. The van der Waals surface area contributed by atoms with Gasteiger partial charge in [0.25, 0.3) is 0 Å². The van der Waals surface area contributed by atoms with E-state index in [0.29, 0.717) is 23.9 Å². The molecule has 1 aliphatic heterocycles. The largest absolute Gasteiger partial charge is 0.243 e. The molecule has 98 valence electrons. The lowest BCUT2D eigenvalue weighted by Gasteiger charge is -2.16. The van der Waals surface area contributed by atoms with Crippen molar-refractivity contribution in [3.8, 4) is 0 Å². The summed E-state index contributed by atoms with van der Waals surface area (Å²) in [5, 5.41) is 0. The highest BCUT2D eigenvalue weighted by Crippen LogP contribution is 2.28. The number of nitrogens with zero attached hydrogens (tertiary/aromatic N) is 1. The molecule has 1 aromatic carbocycles.